The summed E-state index contributed by atoms with van der Waals surface area (Å²) in [4.78, 5) is 34.1. The monoisotopic (exact) mass is 319 g/mol. The fourth-order valence-corrected chi connectivity index (χ4v) is 3.19. The molecule has 0 aromatic carbocycles. The number of amides is 2. The number of hydrogen-bond donors (Lipinski definition) is 3. The smallest absolute Gasteiger partial charge is 0.245 e. The van der Waals surface area contributed by atoms with Gasteiger partial charge in [-0.05, 0) is 32.4 Å². The maximum atomic E-state index is 12.2. The summed E-state index contributed by atoms with van der Waals surface area (Å²) in [5.74, 6) is -0.000950. The van der Waals surface area contributed by atoms with Gasteiger partial charge in [0.25, 0.3) is 0 Å². The second-order valence-electron chi connectivity index (χ2n) is 6.17. The summed E-state index contributed by atoms with van der Waals surface area (Å²) in [5.41, 5.74) is -0.438. The van der Waals surface area contributed by atoms with Crippen LogP contribution in [0.1, 0.15) is 31.6 Å². The van der Waals surface area contributed by atoms with Gasteiger partial charge in [-0.3, -0.25) is 9.59 Å². The van der Waals surface area contributed by atoms with E-state index in [0.717, 1.165) is 19.4 Å². The molecular formula is C15H21N5O3. The standard InChI is InChI=1S/C15H21N5O3/c1-10(21)12(13-16-5-3-6-17-13)19-11(22)8-20-9-15(14(20)23)4-2-7-18-15/h3,5-6,10,12,18,21H,2,4,7-9H2,1H3,(H,19,22). The second-order valence-corrected chi connectivity index (χ2v) is 6.17. The predicted octanol–water partition coefficient (Wildman–Crippen LogP) is -1.02. The molecule has 3 rings (SSSR count). The van der Waals surface area contributed by atoms with Crippen LogP contribution >= 0.6 is 0 Å². The second kappa shape index (κ2) is 6.21. The van der Waals surface area contributed by atoms with Crippen LogP contribution in [0.25, 0.3) is 0 Å². The molecule has 0 radical (unpaired) electrons. The van der Waals surface area contributed by atoms with Crippen molar-refractivity contribution >= 4 is 11.8 Å². The number of hydrogen-bond acceptors (Lipinski definition) is 6. The van der Waals surface area contributed by atoms with Crippen LogP contribution in [0.5, 0.6) is 0 Å². The minimum atomic E-state index is -0.837. The Morgan fingerprint density at radius 3 is 2.83 bits per heavy atom. The number of carbonyl (C=O) groups excluding carboxylic acids is 2. The first-order chi connectivity index (χ1) is 11.0. The lowest BCUT2D eigenvalue weighted by Gasteiger charge is -2.46. The van der Waals surface area contributed by atoms with E-state index < -0.39 is 17.7 Å². The van der Waals surface area contributed by atoms with Crippen LogP contribution in [0.3, 0.4) is 0 Å². The van der Waals surface area contributed by atoms with Crippen molar-refractivity contribution in [3.05, 3.63) is 24.3 Å². The first kappa shape index (κ1) is 15.8. The van der Waals surface area contributed by atoms with Crippen molar-refractivity contribution in [2.45, 2.75) is 37.5 Å². The molecule has 23 heavy (non-hydrogen) atoms. The molecule has 124 valence electrons. The van der Waals surface area contributed by atoms with E-state index in [1.807, 2.05) is 0 Å². The molecule has 1 aromatic heterocycles. The molecule has 2 saturated heterocycles. The molecule has 3 heterocycles. The molecule has 3 atom stereocenters. The predicted molar refractivity (Wildman–Crippen MR) is 81.1 cm³/mol. The SMILES string of the molecule is CC(O)C(NC(=O)CN1CC2(CCCN2)C1=O)c1ncccn1. The lowest BCUT2D eigenvalue weighted by Crippen LogP contribution is -2.72. The summed E-state index contributed by atoms with van der Waals surface area (Å²) < 4.78 is 0. The van der Waals surface area contributed by atoms with Crippen molar-refractivity contribution in [1.29, 1.82) is 0 Å². The molecule has 3 unspecified atom stereocenters. The number of rotatable bonds is 5. The van der Waals surface area contributed by atoms with Crippen LogP contribution in [0.15, 0.2) is 18.5 Å². The average Bonchev–Trinajstić information content (AvgIpc) is 3.04. The van der Waals surface area contributed by atoms with Crippen LogP contribution in [0.4, 0.5) is 0 Å². The van der Waals surface area contributed by atoms with Gasteiger partial charge in [-0.2, -0.15) is 0 Å². The molecule has 3 N–H and O–H groups in total. The van der Waals surface area contributed by atoms with Crippen LogP contribution < -0.4 is 10.6 Å². The van der Waals surface area contributed by atoms with E-state index in [0.29, 0.717) is 12.4 Å². The van der Waals surface area contributed by atoms with Crippen molar-refractivity contribution in [2.24, 2.45) is 0 Å². The van der Waals surface area contributed by atoms with Gasteiger partial charge in [-0.1, -0.05) is 0 Å². The maximum absolute atomic E-state index is 12.2. The van der Waals surface area contributed by atoms with Gasteiger partial charge in [0.1, 0.15) is 11.6 Å². The molecule has 2 amide bonds. The minimum absolute atomic E-state index is 0.0156. The first-order valence-corrected chi connectivity index (χ1v) is 7.81. The number of aromatic nitrogens is 2. The zero-order chi connectivity index (χ0) is 16.4. The fourth-order valence-electron chi connectivity index (χ4n) is 3.19. The van der Waals surface area contributed by atoms with Crippen molar-refractivity contribution in [2.75, 3.05) is 19.6 Å². The van der Waals surface area contributed by atoms with Gasteiger partial charge in [0.05, 0.1) is 12.6 Å². The van der Waals surface area contributed by atoms with Crippen LogP contribution in [-0.2, 0) is 9.59 Å². The third-order valence-electron chi connectivity index (χ3n) is 4.40. The molecule has 2 aliphatic rings. The van der Waals surface area contributed by atoms with E-state index in [9.17, 15) is 14.7 Å². The van der Waals surface area contributed by atoms with Crippen LogP contribution in [0, 0.1) is 0 Å². The number of aliphatic hydroxyl groups is 1. The van der Waals surface area contributed by atoms with E-state index in [1.165, 1.54) is 4.90 Å². The Kier molecular flexibility index (Phi) is 4.27. The number of nitrogens with one attached hydrogen (secondary N) is 2. The van der Waals surface area contributed by atoms with Gasteiger partial charge >= 0.3 is 0 Å². The van der Waals surface area contributed by atoms with E-state index in [1.54, 1.807) is 25.4 Å². The van der Waals surface area contributed by atoms with Crippen molar-refractivity contribution in [3.8, 4) is 0 Å². The Morgan fingerprint density at radius 1 is 1.52 bits per heavy atom. The summed E-state index contributed by atoms with van der Waals surface area (Å²) in [6.07, 6.45) is 4.09. The summed E-state index contributed by atoms with van der Waals surface area (Å²) in [6.45, 7) is 2.95. The molecule has 0 saturated carbocycles. The molecule has 8 nitrogen and oxygen atoms in total. The number of β-lactam (4-membered cyclic amide) rings is 1. The Labute approximate surface area is 134 Å². The molecule has 1 aromatic rings. The molecular weight excluding hydrogens is 298 g/mol. The number of aliphatic hydroxyl groups excluding tert-OH is 1. The molecule has 2 fully saturated rings. The van der Waals surface area contributed by atoms with E-state index >= 15 is 0 Å². The first-order valence-electron chi connectivity index (χ1n) is 7.81. The Balaban J connectivity index is 1.57. The highest BCUT2D eigenvalue weighted by molar-refractivity contribution is 5.96. The largest absolute Gasteiger partial charge is 0.391 e. The van der Waals surface area contributed by atoms with Gasteiger partial charge in [-0.15, -0.1) is 0 Å². The summed E-state index contributed by atoms with van der Waals surface area (Å²) >= 11 is 0. The summed E-state index contributed by atoms with van der Waals surface area (Å²) in [5, 5.41) is 15.8. The van der Waals surface area contributed by atoms with E-state index in [2.05, 4.69) is 20.6 Å². The highest BCUT2D eigenvalue weighted by Crippen LogP contribution is 2.31. The molecule has 8 heteroatoms. The van der Waals surface area contributed by atoms with Gasteiger partial charge < -0.3 is 20.6 Å². The molecule has 0 bridgehead atoms. The third kappa shape index (κ3) is 3.04. The third-order valence-corrected chi connectivity index (χ3v) is 4.40. The van der Waals surface area contributed by atoms with Gasteiger partial charge in [0.2, 0.25) is 11.8 Å². The lowest BCUT2D eigenvalue weighted by atomic mass is 9.87. The van der Waals surface area contributed by atoms with Crippen LogP contribution in [0.2, 0.25) is 0 Å². The van der Waals surface area contributed by atoms with Crippen molar-refractivity contribution in [3.63, 3.8) is 0 Å². The Hall–Kier alpha value is -2.06. The average molecular weight is 319 g/mol. The summed E-state index contributed by atoms with van der Waals surface area (Å²) in [6, 6.07) is 0.968. The van der Waals surface area contributed by atoms with Crippen molar-refractivity contribution in [1.82, 2.24) is 25.5 Å². The molecule has 0 aliphatic carbocycles. The van der Waals surface area contributed by atoms with Gasteiger partial charge in [-0.25, -0.2) is 9.97 Å². The molecule has 1 spiro atoms. The zero-order valence-electron chi connectivity index (χ0n) is 13.0. The Bertz CT molecular complexity index is 586. The minimum Gasteiger partial charge on any atom is -0.391 e. The van der Waals surface area contributed by atoms with Gasteiger partial charge in [0, 0.05) is 18.9 Å². The highest BCUT2D eigenvalue weighted by atomic mass is 16.3. The van der Waals surface area contributed by atoms with Crippen molar-refractivity contribution < 1.29 is 14.7 Å². The van der Waals surface area contributed by atoms with Crippen LogP contribution in [-0.4, -0.2) is 63.1 Å². The summed E-state index contributed by atoms with van der Waals surface area (Å²) in [7, 11) is 0. The topological polar surface area (TPSA) is 107 Å². The van der Waals surface area contributed by atoms with E-state index in [4.69, 9.17) is 0 Å². The number of nitrogens with zero attached hydrogens (tertiary/aromatic N) is 3. The normalized spacial score (nSPS) is 26.0. The Morgan fingerprint density at radius 2 is 2.26 bits per heavy atom. The molecule has 2 aliphatic heterocycles. The highest BCUT2D eigenvalue weighted by Gasteiger charge is 2.53. The maximum Gasteiger partial charge on any atom is 0.245 e. The fraction of sp³-hybridized carbons (Fsp3) is 0.600. The van der Waals surface area contributed by atoms with Gasteiger partial charge in [0.15, 0.2) is 5.82 Å². The lowest BCUT2D eigenvalue weighted by molar-refractivity contribution is -0.154. The van der Waals surface area contributed by atoms with E-state index in [-0.39, 0.29) is 18.4 Å². The quantitative estimate of drug-likeness (QED) is 0.600. The number of carbonyl (C=O) groups is 2. The number of likely N-dealkylation sites (tertiary alicyclic amines) is 1. The zero-order valence-corrected chi connectivity index (χ0v) is 13.0.